The molecule has 9 nitrogen and oxygen atoms in total. The third-order valence-electron chi connectivity index (χ3n) is 8.46. The summed E-state index contributed by atoms with van der Waals surface area (Å²) >= 11 is 0. The van der Waals surface area contributed by atoms with Gasteiger partial charge in [0, 0.05) is 18.5 Å². The van der Waals surface area contributed by atoms with Crippen molar-refractivity contribution in [2.75, 3.05) is 11.4 Å². The number of esters is 1. The molecule has 0 N–H and O–H groups in total. The summed E-state index contributed by atoms with van der Waals surface area (Å²) in [4.78, 5) is 42.1. The molecule has 10 heteroatoms. The van der Waals surface area contributed by atoms with Gasteiger partial charge in [-0.3, -0.25) is 9.69 Å². The maximum atomic E-state index is 14.0. The summed E-state index contributed by atoms with van der Waals surface area (Å²) in [6, 6.07) is 3.52. The summed E-state index contributed by atoms with van der Waals surface area (Å²) in [6.07, 6.45) is 4.87. The molecule has 2 aliphatic rings. The lowest BCUT2D eigenvalue weighted by Crippen LogP contribution is -2.44. The van der Waals surface area contributed by atoms with Crippen molar-refractivity contribution in [1.29, 1.82) is 0 Å². The summed E-state index contributed by atoms with van der Waals surface area (Å²) in [5.41, 5.74) is 0.615. The lowest BCUT2D eigenvalue weighted by Gasteiger charge is -2.37. The maximum Gasteiger partial charge on any atom is 0.414 e. The molecule has 250 valence electrons. The van der Waals surface area contributed by atoms with E-state index in [-0.39, 0.29) is 22.3 Å². The van der Waals surface area contributed by atoms with E-state index in [9.17, 15) is 14.4 Å². The average Bonchev–Trinajstić information content (AvgIpc) is 3.19. The van der Waals surface area contributed by atoms with Crippen LogP contribution in [-0.2, 0) is 23.7 Å². The van der Waals surface area contributed by atoms with Crippen LogP contribution in [0, 0.1) is 5.92 Å². The second-order valence-corrected chi connectivity index (χ2v) is 19.7. The molecule has 0 bridgehead atoms. The van der Waals surface area contributed by atoms with Crippen molar-refractivity contribution in [3.63, 3.8) is 0 Å². The minimum atomic E-state index is -2.48. The van der Waals surface area contributed by atoms with Crippen LogP contribution < -0.4 is 9.33 Å². The fraction of sp³-hybridized carbons (Fsp3) is 0.629. The Balaban J connectivity index is 2.26. The van der Waals surface area contributed by atoms with E-state index >= 15 is 0 Å². The van der Waals surface area contributed by atoms with Crippen molar-refractivity contribution in [3.05, 3.63) is 41.5 Å². The van der Waals surface area contributed by atoms with Crippen molar-refractivity contribution in [2.45, 2.75) is 130 Å². The summed E-state index contributed by atoms with van der Waals surface area (Å²) in [5, 5.41) is -0.173. The van der Waals surface area contributed by atoms with Gasteiger partial charge in [0.15, 0.2) is 11.6 Å². The Morgan fingerprint density at radius 2 is 1.69 bits per heavy atom. The lowest BCUT2D eigenvalue weighted by atomic mass is 9.99. The molecule has 1 saturated heterocycles. The monoisotopic (exact) mass is 643 g/mol. The van der Waals surface area contributed by atoms with Gasteiger partial charge in [0.05, 0.1) is 11.8 Å². The van der Waals surface area contributed by atoms with Crippen molar-refractivity contribution in [2.24, 2.45) is 5.92 Å². The number of anilines is 1. The maximum absolute atomic E-state index is 14.0. The van der Waals surface area contributed by atoms with Crippen LogP contribution in [0.4, 0.5) is 10.5 Å². The molecular formula is C35H53NO8Si. The second kappa shape index (κ2) is 13.4. The van der Waals surface area contributed by atoms with Gasteiger partial charge >= 0.3 is 12.1 Å². The highest BCUT2D eigenvalue weighted by Crippen LogP contribution is 2.41. The van der Waals surface area contributed by atoms with Crippen molar-refractivity contribution >= 4 is 37.9 Å². The van der Waals surface area contributed by atoms with Gasteiger partial charge in [-0.15, -0.1) is 0 Å². The van der Waals surface area contributed by atoms with Crippen molar-refractivity contribution in [1.82, 2.24) is 0 Å². The van der Waals surface area contributed by atoms with Crippen LogP contribution >= 0.6 is 0 Å². The largest absolute Gasteiger partial charge is 0.543 e. The Bertz CT molecular complexity index is 1330. The highest BCUT2D eigenvalue weighted by molar-refractivity contribution is 6.74. The van der Waals surface area contributed by atoms with Crippen LogP contribution in [0.2, 0.25) is 18.1 Å². The summed E-state index contributed by atoms with van der Waals surface area (Å²) in [6.45, 7) is 25.5. The molecule has 2 aliphatic heterocycles. The number of amides is 1. The number of rotatable bonds is 4. The first-order valence-electron chi connectivity index (χ1n) is 15.9. The number of cyclic esters (lactones) is 1. The molecule has 0 radical (unpaired) electrons. The SMILES string of the molecule is CCN(C(=O)OC(C)(C)C)c1cc2c(c(O[Si](C)(C)C(C)(C)C)c1)C(=O)OC(C)[C@H](C)/C=C\C(=O)[C@H]1OC(C)(C)OC1C/C=C/2. The van der Waals surface area contributed by atoms with Crippen LogP contribution in [-0.4, -0.2) is 62.4 Å². The molecule has 4 atom stereocenters. The molecular weight excluding hydrogens is 590 g/mol. The Morgan fingerprint density at radius 1 is 1.04 bits per heavy atom. The molecule has 1 aromatic carbocycles. The molecule has 2 heterocycles. The first-order chi connectivity index (χ1) is 20.5. The second-order valence-electron chi connectivity index (χ2n) is 15.0. The molecule has 1 amide bonds. The molecule has 0 aromatic heterocycles. The molecule has 1 fully saturated rings. The Labute approximate surface area is 270 Å². The van der Waals surface area contributed by atoms with E-state index in [0.717, 1.165) is 0 Å². The van der Waals surface area contributed by atoms with E-state index in [0.29, 0.717) is 30.0 Å². The van der Waals surface area contributed by atoms with Crippen LogP contribution in [0.25, 0.3) is 6.08 Å². The molecule has 1 aromatic rings. The quantitative estimate of drug-likeness (QED) is 0.240. The average molecular weight is 644 g/mol. The predicted molar refractivity (Wildman–Crippen MR) is 179 cm³/mol. The van der Waals surface area contributed by atoms with E-state index in [1.165, 1.54) is 11.0 Å². The summed E-state index contributed by atoms with van der Waals surface area (Å²) < 4.78 is 30.7. The number of carbonyl (C=O) groups excluding carboxylic acids is 3. The van der Waals surface area contributed by atoms with Gasteiger partial charge in [-0.2, -0.15) is 0 Å². The smallest absolute Gasteiger partial charge is 0.414 e. The van der Waals surface area contributed by atoms with Crippen molar-refractivity contribution in [3.8, 4) is 5.75 Å². The van der Waals surface area contributed by atoms with Crippen LogP contribution in [0.15, 0.2) is 30.4 Å². The van der Waals surface area contributed by atoms with Gasteiger partial charge in [0.25, 0.3) is 8.32 Å². The Morgan fingerprint density at radius 3 is 2.27 bits per heavy atom. The van der Waals surface area contributed by atoms with Gasteiger partial charge in [-0.1, -0.05) is 45.9 Å². The van der Waals surface area contributed by atoms with Crippen LogP contribution in [0.3, 0.4) is 0 Å². The first kappa shape index (κ1) is 36.5. The van der Waals surface area contributed by atoms with E-state index in [2.05, 4.69) is 33.9 Å². The van der Waals surface area contributed by atoms with Gasteiger partial charge in [-0.25, -0.2) is 9.59 Å². The fourth-order valence-corrected chi connectivity index (χ4v) is 5.80. The van der Waals surface area contributed by atoms with Crippen LogP contribution in [0.1, 0.15) is 98.5 Å². The third-order valence-corrected chi connectivity index (χ3v) is 12.8. The lowest BCUT2D eigenvalue weighted by molar-refractivity contribution is -0.152. The number of hydrogen-bond donors (Lipinski definition) is 0. The summed E-state index contributed by atoms with van der Waals surface area (Å²) in [7, 11) is -2.48. The standard InChI is InChI=1S/C35H53NO8Si/c1-14-36(32(39)43-33(4,5)6)25-20-24-16-15-17-27-30(42-35(10,11)41-27)26(37)19-18-22(2)23(3)40-31(38)29(24)28(21-25)44-45(12,13)34(7,8)9/h15-16,18-23,27,30H,14,17H2,1-13H3/b16-15+,19-18-/t22-,23?,27?,30-/m1/s1. The Kier molecular flexibility index (Phi) is 10.9. The van der Waals surface area contributed by atoms with Gasteiger partial charge in [0.2, 0.25) is 0 Å². The highest BCUT2D eigenvalue weighted by Gasteiger charge is 2.44. The third kappa shape index (κ3) is 9.07. The number of ether oxygens (including phenoxy) is 4. The number of carbonyl (C=O) groups is 3. The van der Waals surface area contributed by atoms with E-state index in [1.807, 2.05) is 40.7 Å². The van der Waals surface area contributed by atoms with E-state index in [1.54, 1.807) is 45.1 Å². The fourth-order valence-electron chi connectivity index (χ4n) is 4.78. The number of fused-ring (bicyclic) bond motifs is 2. The molecule has 0 aliphatic carbocycles. The Hall–Kier alpha value is -2.95. The van der Waals surface area contributed by atoms with Gasteiger partial charge in [0.1, 0.15) is 29.1 Å². The first-order valence-corrected chi connectivity index (χ1v) is 18.8. The number of hydrogen-bond acceptors (Lipinski definition) is 8. The zero-order valence-electron chi connectivity index (χ0n) is 29.4. The topological polar surface area (TPSA) is 101 Å². The molecule has 2 unspecified atom stereocenters. The van der Waals surface area contributed by atoms with Gasteiger partial charge in [-0.05, 0) is 90.7 Å². The zero-order chi connectivity index (χ0) is 34.1. The number of benzene rings is 1. The molecule has 3 rings (SSSR count). The van der Waals surface area contributed by atoms with Crippen LogP contribution in [0.5, 0.6) is 5.75 Å². The highest BCUT2D eigenvalue weighted by atomic mass is 28.4. The predicted octanol–water partition coefficient (Wildman–Crippen LogP) is 8.08. The van der Waals surface area contributed by atoms with E-state index in [4.69, 9.17) is 23.4 Å². The molecule has 0 spiro atoms. The molecule has 0 saturated carbocycles. The molecule has 45 heavy (non-hydrogen) atoms. The van der Waals surface area contributed by atoms with Gasteiger partial charge < -0.3 is 23.4 Å². The van der Waals surface area contributed by atoms with E-state index < -0.39 is 50.1 Å². The number of ketones is 1. The minimum absolute atomic E-state index is 0.173. The zero-order valence-corrected chi connectivity index (χ0v) is 30.4. The normalized spacial score (nSPS) is 25.7. The number of nitrogens with zero attached hydrogens (tertiary/aromatic N) is 1. The summed E-state index contributed by atoms with van der Waals surface area (Å²) in [5.74, 6) is -1.60. The van der Waals surface area contributed by atoms with Crippen molar-refractivity contribution < 1.29 is 37.8 Å². The minimum Gasteiger partial charge on any atom is -0.543 e.